The second-order valence-corrected chi connectivity index (χ2v) is 10.5. The SMILES string of the molecule is COc1cn([C@@H](Cc2ccccc2)C(=O)Cc2ccc(C(=O)O)cc2)c(=O)cc1-c1cc(Cl)ccc1C(=O)C(C)C. The zero-order valence-corrected chi connectivity index (χ0v) is 23.7. The van der Waals surface area contributed by atoms with Gasteiger partial charge in [0.25, 0.3) is 5.56 Å². The molecule has 1 N–H and O–H groups in total. The molecule has 0 aliphatic rings. The van der Waals surface area contributed by atoms with E-state index in [-0.39, 0.29) is 35.9 Å². The van der Waals surface area contributed by atoms with Crippen molar-refractivity contribution < 1.29 is 24.2 Å². The Morgan fingerprint density at radius 3 is 2.20 bits per heavy atom. The Balaban J connectivity index is 1.80. The third-order valence-electron chi connectivity index (χ3n) is 6.88. The molecule has 0 saturated heterocycles. The van der Waals surface area contributed by atoms with Crippen LogP contribution < -0.4 is 10.3 Å². The summed E-state index contributed by atoms with van der Waals surface area (Å²) in [4.78, 5) is 51.6. The van der Waals surface area contributed by atoms with Crippen LogP contribution >= 0.6 is 11.6 Å². The highest BCUT2D eigenvalue weighted by Gasteiger charge is 2.26. The maximum Gasteiger partial charge on any atom is 0.335 e. The summed E-state index contributed by atoms with van der Waals surface area (Å²) < 4.78 is 7.04. The lowest BCUT2D eigenvalue weighted by Gasteiger charge is -2.22. The summed E-state index contributed by atoms with van der Waals surface area (Å²) in [6.45, 7) is 3.59. The summed E-state index contributed by atoms with van der Waals surface area (Å²) in [7, 11) is 1.46. The Kier molecular flexibility index (Phi) is 9.20. The van der Waals surface area contributed by atoms with Crippen LogP contribution in [0.2, 0.25) is 5.02 Å². The van der Waals surface area contributed by atoms with Crippen molar-refractivity contribution in [2.75, 3.05) is 7.11 Å². The number of Topliss-reactive ketones (excluding diaryl/α,β-unsaturated/α-hetero) is 2. The largest absolute Gasteiger partial charge is 0.495 e. The number of hydrogen-bond donors (Lipinski definition) is 1. The van der Waals surface area contributed by atoms with E-state index in [0.717, 1.165) is 5.56 Å². The molecule has 8 heteroatoms. The molecule has 0 aliphatic carbocycles. The number of aromatic nitrogens is 1. The van der Waals surface area contributed by atoms with Crippen LogP contribution in [-0.2, 0) is 17.6 Å². The van der Waals surface area contributed by atoms with E-state index in [2.05, 4.69) is 0 Å². The zero-order valence-electron chi connectivity index (χ0n) is 23.0. The van der Waals surface area contributed by atoms with E-state index >= 15 is 0 Å². The Labute approximate surface area is 243 Å². The van der Waals surface area contributed by atoms with Crippen LogP contribution in [0.3, 0.4) is 0 Å². The standard InChI is InChI=1S/C33H30ClNO6/c1-20(2)32(38)25-14-13-24(34)17-26(25)27-18-31(37)35(19-30(27)41-3)28(15-21-7-5-4-6-8-21)29(36)16-22-9-11-23(12-10-22)33(39)40/h4-14,17-20,28H,15-16H2,1-3H3,(H,39,40)/t28-/m0/s1. The summed E-state index contributed by atoms with van der Waals surface area (Å²) in [5, 5.41) is 9.59. The lowest BCUT2D eigenvalue weighted by atomic mass is 9.92. The maximum atomic E-state index is 13.7. The number of carbonyl (C=O) groups excluding carboxylic acids is 2. The van der Waals surface area contributed by atoms with E-state index in [4.69, 9.17) is 16.3 Å². The Bertz CT molecular complexity index is 1640. The molecule has 0 spiro atoms. The third kappa shape index (κ3) is 6.81. The second kappa shape index (κ2) is 12.8. The zero-order chi connectivity index (χ0) is 29.7. The molecule has 1 atom stereocenters. The van der Waals surface area contributed by atoms with Gasteiger partial charge in [0.05, 0.1) is 24.9 Å². The molecule has 0 saturated carbocycles. The molecule has 4 aromatic rings. The van der Waals surface area contributed by atoms with Crippen molar-refractivity contribution in [2.45, 2.75) is 32.7 Å². The molecule has 0 unspecified atom stereocenters. The highest BCUT2D eigenvalue weighted by Crippen LogP contribution is 2.35. The molecule has 1 heterocycles. The number of carboxylic acids is 1. The van der Waals surface area contributed by atoms with Gasteiger partial charge in [-0.2, -0.15) is 0 Å². The summed E-state index contributed by atoms with van der Waals surface area (Å²) in [5.74, 6) is -1.36. The highest BCUT2D eigenvalue weighted by molar-refractivity contribution is 6.31. The molecule has 1 aromatic heterocycles. The van der Waals surface area contributed by atoms with E-state index in [1.807, 2.05) is 30.3 Å². The molecule has 3 aromatic carbocycles. The quantitative estimate of drug-likeness (QED) is 0.212. The first-order chi connectivity index (χ1) is 19.6. The number of ether oxygens (including phenoxy) is 1. The van der Waals surface area contributed by atoms with E-state index < -0.39 is 17.6 Å². The molecule has 210 valence electrons. The van der Waals surface area contributed by atoms with Gasteiger partial charge in [-0.25, -0.2) is 4.79 Å². The van der Waals surface area contributed by atoms with Crippen molar-refractivity contribution in [1.29, 1.82) is 0 Å². The fourth-order valence-electron chi connectivity index (χ4n) is 4.70. The van der Waals surface area contributed by atoms with Crippen LogP contribution in [0.1, 0.15) is 51.7 Å². The molecule has 0 amide bonds. The molecule has 4 rings (SSSR count). The molecule has 0 aliphatic heterocycles. The molecule has 7 nitrogen and oxygen atoms in total. The lowest BCUT2D eigenvalue weighted by molar-refractivity contribution is -0.121. The van der Waals surface area contributed by atoms with Crippen molar-refractivity contribution in [3.05, 3.63) is 123 Å². The number of hydrogen-bond acceptors (Lipinski definition) is 5. The first kappa shape index (κ1) is 29.5. The van der Waals surface area contributed by atoms with Gasteiger partial charge in [-0.1, -0.05) is 67.9 Å². The van der Waals surface area contributed by atoms with Gasteiger partial charge in [0.2, 0.25) is 0 Å². The molecule has 0 fully saturated rings. The summed E-state index contributed by atoms with van der Waals surface area (Å²) in [6, 6.07) is 20.8. The molecule has 0 bridgehead atoms. The molecule has 41 heavy (non-hydrogen) atoms. The number of carboxylic acid groups (broad SMARTS) is 1. The number of aromatic carboxylic acids is 1. The van der Waals surface area contributed by atoms with Crippen molar-refractivity contribution in [1.82, 2.24) is 4.57 Å². The minimum atomic E-state index is -1.05. The number of nitrogens with zero attached hydrogens (tertiary/aromatic N) is 1. The summed E-state index contributed by atoms with van der Waals surface area (Å²) >= 11 is 6.29. The van der Waals surface area contributed by atoms with E-state index in [1.165, 1.54) is 36.1 Å². The van der Waals surface area contributed by atoms with Gasteiger partial charge in [0, 0.05) is 41.0 Å². The number of methoxy groups -OCH3 is 1. The van der Waals surface area contributed by atoms with Crippen molar-refractivity contribution in [3.63, 3.8) is 0 Å². The fourth-order valence-corrected chi connectivity index (χ4v) is 4.87. The average Bonchev–Trinajstić information content (AvgIpc) is 2.96. The number of carbonyl (C=O) groups is 3. The topological polar surface area (TPSA) is 103 Å². The van der Waals surface area contributed by atoms with Gasteiger partial charge in [0.1, 0.15) is 5.75 Å². The Morgan fingerprint density at radius 2 is 1.59 bits per heavy atom. The van der Waals surface area contributed by atoms with E-state index in [1.54, 1.807) is 44.2 Å². The smallest absolute Gasteiger partial charge is 0.335 e. The number of rotatable bonds is 11. The van der Waals surface area contributed by atoms with Gasteiger partial charge in [-0.15, -0.1) is 0 Å². The minimum Gasteiger partial charge on any atom is -0.495 e. The number of halogens is 1. The summed E-state index contributed by atoms with van der Waals surface area (Å²) in [6.07, 6.45) is 1.75. The first-order valence-corrected chi connectivity index (χ1v) is 13.5. The van der Waals surface area contributed by atoms with Crippen LogP contribution in [-0.4, -0.2) is 34.3 Å². The summed E-state index contributed by atoms with van der Waals surface area (Å²) in [5.41, 5.74) is 2.46. The first-order valence-electron chi connectivity index (χ1n) is 13.1. The van der Waals surface area contributed by atoms with E-state index in [0.29, 0.717) is 33.0 Å². The monoisotopic (exact) mass is 571 g/mol. The van der Waals surface area contributed by atoms with Crippen LogP contribution in [0.25, 0.3) is 11.1 Å². The van der Waals surface area contributed by atoms with Gasteiger partial charge in [-0.05, 0) is 47.0 Å². The van der Waals surface area contributed by atoms with E-state index in [9.17, 15) is 24.3 Å². The van der Waals surface area contributed by atoms with Crippen LogP contribution in [0.4, 0.5) is 0 Å². The van der Waals surface area contributed by atoms with Crippen molar-refractivity contribution in [3.8, 4) is 16.9 Å². The van der Waals surface area contributed by atoms with Gasteiger partial charge >= 0.3 is 5.97 Å². The predicted molar refractivity (Wildman–Crippen MR) is 158 cm³/mol. The predicted octanol–water partition coefficient (Wildman–Crippen LogP) is 6.31. The highest BCUT2D eigenvalue weighted by atomic mass is 35.5. The van der Waals surface area contributed by atoms with Gasteiger partial charge < -0.3 is 14.4 Å². The maximum absolute atomic E-state index is 13.7. The Hall–Kier alpha value is -4.49. The van der Waals surface area contributed by atoms with Gasteiger partial charge in [0.15, 0.2) is 11.6 Å². The van der Waals surface area contributed by atoms with Crippen LogP contribution in [0.15, 0.2) is 89.9 Å². The normalized spacial score (nSPS) is 11.7. The number of pyridine rings is 1. The lowest BCUT2D eigenvalue weighted by Crippen LogP contribution is -2.32. The second-order valence-electron chi connectivity index (χ2n) is 10.1. The third-order valence-corrected chi connectivity index (χ3v) is 7.12. The average molecular weight is 572 g/mol. The molecular weight excluding hydrogens is 542 g/mol. The fraction of sp³-hybridized carbons (Fsp3) is 0.212. The number of benzene rings is 3. The van der Waals surface area contributed by atoms with Gasteiger partial charge in [-0.3, -0.25) is 14.4 Å². The minimum absolute atomic E-state index is 0.00472. The van der Waals surface area contributed by atoms with Crippen molar-refractivity contribution >= 4 is 29.1 Å². The Morgan fingerprint density at radius 1 is 0.902 bits per heavy atom. The number of ketones is 2. The molecule has 0 radical (unpaired) electrons. The van der Waals surface area contributed by atoms with Crippen LogP contribution in [0, 0.1) is 5.92 Å². The van der Waals surface area contributed by atoms with Crippen LogP contribution in [0.5, 0.6) is 5.75 Å². The van der Waals surface area contributed by atoms with Crippen molar-refractivity contribution in [2.24, 2.45) is 5.92 Å². The molecular formula is C33H30ClNO6.